The molecule has 2 aromatic heterocycles. The third-order valence-corrected chi connectivity index (χ3v) is 8.05. The molecule has 0 radical (unpaired) electrons. The number of anilines is 1. The van der Waals surface area contributed by atoms with Crippen LogP contribution in [0.5, 0.6) is 5.75 Å². The van der Waals surface area contributed by atoms with Crippen molar-refractivity contribution in [3.63, 3.8) is 0 Å². The van der Waals surface area contributed by atoms with E-state index in [0.717, 1.165) is 28.6 Å². The van der Waals surface area contributed by atoms with Gasteiger partial charge in [-0.3, -0.25) is 9.48 Å². The van der Waals surface area contributed by atoms with Gasteiger partial charge in [-0.1, -0.05) is 49.7 Å². The zero-order valence-corrected chi connectivity index (χ0v) is 23.5. The second-order valence-corrected chi connectivity index (χ2v) is 11.1. The van der Waals surface area contributed by atoms with Gasteiger partial charge < -0.3 is 15.0 Å². The smallest absolute Gasteiger partial charge is 0.277 e. The molecule has 0 aliphatic heterocycles. The summed E-state index contributed by atoms with van der Waals surface area (Å²) in [6, 6.07) is 18.5. The lowest BCUT2D eigenvalue weighted by Gasteiger charge is -2.14. The number of sulfonamides is 1. The van der Waals surface area contributed by atoms with E-state index in [4.69, 9.17) is 9.72 Å². The Morgan fingerprint density at radius 3 is 2.62 bits per heavy atom. The lowest BCUT2D eigenvalue weighted by atomic mass is 10.1. The van der Waals surface area contributed by atoms with Crippen molar-refractivity contribution in [1.82, 2.24) is 24.5 Å². The molecule has 5 aromatic rings. The topological polar surface area (TPSA) is 131 Å². The van der Waals surface area contributed by atoms with E-state index in [-0.39, 0.29) is 22.8 Å². The van der Waals surface area contributed by atoms with E-state index < -0.39 is 10.0 Å². The van der Waals surface area contributed by atoms with Gasteiger partial charge in [0, 0.05) is 31.2 Å². The summed E-state index contributed by atoms with van der Waals surface area (Å²) in [5, 5.41) is 9.95. The van der Waals surface area contributed by atoms with Crippen LogP contribution >= 0.6 is 0 Å². The Balaban J connectivity index is 1.41. The van der Waals surface area contributed by atoms with Crippen molar-refractivity contribution < 1.29 is 13.2 Å². The minimum absolute atomic E-state index is 0.0406. The number of nitrogens with zero attached hydrogens (tertiary/aromatic N) is 3. The van der Waals surface area contributed by atoms with Gasteiger partial charge in [-0.2, -0.15) is 5.10 Å². The van der Waals surface area contributed by atoms with Crippen LogP contribution in [0.4, 0.5) is 5.69 Å². The number of aryl methyl sites for hydroxylation is 2. The maximum atomic E-state index is 13.2. The number of aromatic amines is 1. The highest BCUT2D eigenvalue weighted by Gasteiger charge is 2.21. The van der Waals surface area contributed by atoms with Gasteiger partial charge in [-0.05, 0) is 43.0 Å². The van der Waals surface area contributed by atoms with Crippen LogP contribution in [0.2, 0.25) is 0 Å². The Kier molecular flexibility index (Phi) is 7.85. The molecule has 2 heterocycles. The molecule has 11 heteroatoms. The molecule has 3 aromatic carbocycles. The van der Waals surface area contributed by atoms with Gasteiger partial charge in [0.2, 0.25) is 10.0 Å². The highest BCUT2D eigenvalue weighted by Crippen LogP contribution is 2.31. The van der Waals surface area contributed by atoms with Crippen LogP contribution in [0.1, 0.15) is 26.0 Å². The third kappa shape index (κ3) is 5.43. The van der Waals surface area contributed by atoms with E-state index in [1.54, 1.807) is 13.1 Å². The molecule has 0 amide bonds. The van der Waals surface area contributed by atoms with Crippen LogP contribution in [0.25, 0.3) is 33.2 Å². The van der Waals surface area contributed by atoms with Gasteiger partial charge in [0.15, 0.2) is 5.52 Å². The Hall–Kier alpha value is -4.22. The van der Waals surface area contributed by atoms with Crippen LogP contribution in [-0.2, 0) is 23.5 Å². The van der Waals surface area contributed by atoms with Gasteiger partial charge in [-0.25, -0.2) is 18.1 Å². The average Bonchev–Trinajstić information content (AvgIpc) is 3.27. The lowest BCUT2D eigenvalue weighted by molar-refractivity contribution is 0.341. The van der Waals surface area contributed by atoms with Crippen LogP contribution < -0.4 is 20.3 Å². The van der Waals surface area contributed by atoms with Crippen molar-refractivity contribution in [1.29, 1.82) is 0 Å². The molecular weight excluding hydrogens is 528 g/mol. The molecule has 40 heavy (non-hydrogen) atoms. The number of benzene rings is 3. The first-order valence-corrected chi connectivity index (χ1v) is 14.7. The van der Waals surface area contributed by atoms with E-state index in [1.807, 2.05) is 56.3 Å². The van der Waals surface area contributed by atoms with Gasteiger partial charge in [0.05, 0.1) is 22.8 Å². The molecule has 0 aliphatic rings. The molecular formula is C29H32N6O4S. The number of fused-ring (bicyclic) bond motifs is 2. The first-order chi connectivity index (χ1) is 19.3. The highest BCUT2D eigenvalue weighted by molar-refractivity contribution is 7.89. The van der Waals surface area contributed by atoms with Crippen molar-refractivity contribution in [2.24, 2.45) is 7.05 Å². The summed E-state index contributed by atoms with van der Waals surface area (Å²) in [6.45, 7) is 4.78. The van der Waals surface area contributed by atoms with E-state index in [2.05, 4.69) is 20.1 Å². The van der Waals surface area contributed by atoms with Crippen LogP contribution in [0.3, 0.4) is 0 Å². The standard InChI is InChI=1S/C29H32N6O4S/c1-4-9-24-26-27(35(3)34-24)29(36)33-28(32-26)22-18-20(14-15-25(22)39-5-2)40(37,38)31-17-16-30-23-13-8-11-19-10-6-7-12-21(19)23/h6-8,10-15,18,30-31H,4-5,9,16-17H2,1-3H3,(H,32,33,36). The van der Waals surface area contributed by atoms with Gasteiger partial charge >= 0.3 is 0 Å². The minimum atomic E-state index is -3.87. The van der Waals surface area contributed by atoms with E-state index in [0.29, 0.717) is 41.9 Å². The molecule has 0 fully saturated rings. The van der Waals surface area contributed by atoms with Crippen molar-refractivity contribution >= 4 is 37.5 Å². The zero-order valence-electron chi connectivity index (χ0n) is 22.7. The highest BCUT2D eigenvalue weighted by atomic mass is 32.2. The minimum Gasteiger partial charge on any atom is -0.493 e. The Labute approximate surface area is 232 Å². The molecule has 3 N–H and O–H groups in total. The Morgan fingerprint density at radius 2 is 1.82 bits per heavy atom. The monoisotopic (exact) mass is 560 g/mol. The summed E-state index contributed by atoms with van der Waals surface area (Å²) in [7, 11) is -2.16. The molecule has 0 aliphatic carbocycles. The normalized spacial score (nSPS) is 11.8. The Morgan fingerprint density at radius 1 is 1.02 bits per heavy atom. The summed E-state index contributed by atoms with van der Waals surface area (Å²) >= 11 is 0. The molecule has 0 unspecified atom stereocenters. The molecule has 0 spiro atoms. The maximum absolute atomic E-state index is 13.2. The molecule has 0 bridgehead atoms. The molecule has 0 saturated carbocycles. The van der Waals surface area contributed by atoms with E-state index >= 15 is 0 Å². The fourth-order valence-corrected chi connectivity index (χ4v) is 5.83. The fourth-order valence-electron chi connectivity index (χ4n) is 4.77. The summed E-state index contributed by atoms with van der Waals surface area (Å²) in [5.74, 6) is 0.642. The number of hydrogen-bond donors (Lipinski definition) is 3. The Bertz CT molecular complexity index is 1840. The second kappa shape index (κ2) is 11.5. The van der Waals surface area contributed by atoms with Crippen molar-refractivity contribution in [2.45, 2.75) is 31.6 Å². The van der Waals surface area contributed by atoms with Crippen LogP contribution in [0.15, 0.2) is 70.4 Å². The van der Waals surface area contributed by atoms with Crippen molar-refractivity contribution in [3.8, 4) is 17.1 Å². The third-order valence-electron chi connectivity index (χ3n) is 6.59. The van der Waals surface area contributed by atoms with Gasteiger partial charge in [-0.15, -0.1) is 0 Å². The lowest BCUT2D eigenvalue weighted by Crippen LogP contribution is -2.29. The molecule has 5 rings (SSSR count). The summed E-state index contributed by atoms with van der Waals surface area (Å²) in [6.07, 6.45) is 1.51. The quantitative estimate of drug-likeness (QED) is 0.206. The number of H-pyrrole nitrogens is 1. The number of ether oxygens (including phenoxy) is 1. The fraction of sp³-hybridized carbons (Fsp3) is 0.276. The van der Waals surface area contributed by atoms with Gasteiger partial charge in [0.25, 0.3) is 5.56 Å². The first-order valence-electron chi connectivity index (χ1n) is 13.3. The summed E-state index contributed by atoms with van der Waals surface area (Å²) in [4.78, 5) is 20.5. The number of nitrogens with one attached hydrogen (secondary N) is 3. The predicted octanol–water partition coefficient (Wildman–Crippen LogP) is 4.22. The summed E-state index contributed by atoms with van der Waals surface area (Å²) < 4.78 is 36.4. The number of rotatable bonds is 11. The first kappa shape index (κ1) is 27.4. The number of aromatic nitrogens is 4. The molecule has 0 saturated heterocycles. The maximum Gasteiger partial charge on any atom is 0.277 e. The average molecular weight is 561 g/mol. The van der Waals surface area contributed by atoms with Crippen molar-refractivity contribution in [3.05, 3.63) is 76.7 Å². The number of hydrogen-bond acceptors (Lipinski definition) is 7. The van der Waals surface area contributed by atoms with E-state index in [1.165, 1.54) is 16.8 Å². The second-order valence-electron chi connectivity index (χ2n) is 9.37. The van der Waals surface area contributed by atoms with Crippen LogP contribution in [0, 0.1) is 0 Å². The van der Waals surface area contributed by atoms with Crippen molar-refractivity contribution in [2.75, 3.05) is 25.0 Å². The SMILES string of the molecule is CCCc1nn(C)c2c(=O)[nH]c(-c3cc(S(=O)(=O)NCCNc4cccc5ccccc45)ccc3OCC)nc12. The summed E-state index contributed by atoms with van der Waals surface area (Å²) in [5.41, 5.74) is 2.54. The largest absolute Gasteiger partial charge is 0.493 e. The molecule has 0 atom stereocenters. The molecule has 208 valence electrons. The zero-order chi connectivity index (χ0) is 28.3. The van der Waals surface area contributed by atoms with Crippen LogP contribution in [-0.4, -0.2) is 47.9 Å². The predicted molar refractivity (Wildman–Crippen MR) is 157 cm³/mol. The van der Waals surface area contributed by atoms with E-state index in [9.17, 15) is 13.2 Å². The van der Waals surface area contributed by atoms with Gasteiger partial charge in [0.1, 0.15) is 17.1 Å². The molecule has 10 nitrogen and oxygen atoms in total.